The molecule has 1 aliphatic heterocycles. The molecule has 2 aliphatic rings. The number of piperidine rings is 1. The van der Waals surface area contributed by atoms with Gasteiger partial charge in [0.25, 0.3) is 0 Å². The van der Waals surface area contributed by atoms with E-state index in [2.05, 4.69) is 4.90 Å². The molecule has 0 aromatic rings. The first-order valence-electron chi connectivity index (χ1n) is 6.00. The second kappa shape index (κ2) is 4.42. The molecule has 15 heavy (non-hydrogen) atoms. The molecule has 0 spiro atoms. The van der Waals surface area contributed by atoms with Gasteiger partial charge in [-0.25, -0.2) is 8.42 Å². The SMILES string of the molecule is CS(=O)(=O)C1CCN(C2CCCC2)CC1. The Balaban J connectivity index is 1.86. The van der Waals surface area contributed by atoms with Gasteiger partial charge in [-0.2, -0.15) is 0 Å². The number of hydrogen-bond acceptors (Lipinski definition) is 3. The summed E-state index contributed by atoms with van der Waals surface area (Å²) in [6.45, 7) is 1.98. The molecule has 0 atom stereocenters. The van der Waals surface area contributed by atoms with E-state index in [4.69, 9.17) is 0 Å². The molecular weight excluding hydrogens is 210 g/mol. The van der Waals surface area contributed by atoms with Crippen LogP contribution in [0, 0.1) is 0 Å². The minimum absolute atomic E-state index is 0.0739. The third kappa shape index (κ3) is 2.72. The fraction of sp³-hybridized carbons (Fsp3) is 1.00. The van der Waals surface area contributed by atoms with Crippen molar-refractivity contribution in [1.29, 1.82) is 0 Å². The third-order valence-corrected chi connectivity index (χ3v) is 5.61. The Morgan fingerprint density at radius 3 is 2.00 bits per heavy atom. The van der Waals surface area contributed by atoms with Gasteiger partial charge in [0.15, 0.2) is 0 Å². The molecule has 88 valence electrons. The fourth-order valence-electron chi connectivity index (χ4n) is 2.94. The molecule has 0 aromatic heterocycles. The molecule has 2 fully saturated rings. The average Bonchev–Trinajstić information content (AvgIpc) is 2.69. The van der Waals surface area contributed by atoms with Crippen LogP contribution in [-0.4, -0.2) is 44.0 Å². The summed E-state index contributed by atoms with van der Waals surface area (Å²) in [5.41, 5.74) is 0. The molecule has 0 radical (unpaired) electrons. The summed E-state index contributed by atoms with van der Waals surface area (Å²) in [6, 6.07) is 0.755. The van der Waals surface area contributed by atoms with Crippen LogP contribution in [0.3, 0.4) is 0 Å². The standard InChI is InChI=1S/C11H21NO2S/c1-15(13,14)11-6-8-12(9-7-11)10-4-2-3-5-10/h10-11H,2-9H2,1H3. The summed E-state index contributed by atoms with van der Waals surface area (Å²) in [6.07, 6.45) is 8.42. The van der Waals surface area contributed by atoms with Crippen molar-refractivity contribution < 1.29 is 8.42 Å². The predicted molar refractivity (Wildman–Crippen MR) is 61.7 cm³/mol. The number of hydrogen-bond donors (Lipinski definition) is 0. The largest absolute Gasteiger partial charge is 0.300 e. The number of sulfone groups is 1. The van der Waals surface area contributed by atoms with E-state index in [9.17, 15) is 8.42 Å². The van der Waals surface area contributed by atoms with E-state index >= 15 is 0 Å². The Morgan fingerprint density at radius 1 is 1.00 bits per heavy atom. The maximum atomic E-state index is 11.4. The summed E-state index contributed by atoms with van der Waals surface area (Å²) in [7, 11) is -2.80. The Kier molecular flexibility index (Phi) is 3.36. The highest BCUT2D eigenvalue weighted by Crippen LogP contribution is 2.27. The van der Waals surface area contributed by atoms with Crippen LogP contribution in [0.1, 0.15) is 38.5 Å². The van der Waals surface area contributed by atoms with E-state index in [1.165, 1.54) is 31.9 Å². The van der Waals surface area contributed by atoms with Crippen molar-refractivity contribution in [3.63, 3.8) is 0 Å². The summed E-state index contributed by atoms with van der Waals surface area (Å²) in [4.78, 5) is 2.51. The van der Waals surface area contributed by atoms with Gasteiger partial charge in [0.2, 0.25) is 0 Å². The minimum Gasteiger partial charge on any atom is -0.300 e. The summed E-state index contributed by atoms with van der Waals surface area (Å²) in [5.74, 6) is 0. The van der Waals surface area contributed by atoms with Gasteiger partial charge >= 0.3 is 0 Å². The van der Waals surface area contributed by atoms with Gasteiger partial charge < -0.3 is 4.90 Å². The molecule has 2 rings (SSSR count). The third-order valence-electron chi connectivity index (χ3n) is 3.92. The maximum absolute atomic E-state index is 11.4. The van der Waals surface area contributed by atoms with Crippen LogP contribution in [0.4, 0.5) is 0 Å². The van der Waals surface area contributed by atoms with Crippen molar-refractivity contribution in [2.75, 3.05) is 19.3 Å². The molecule has 0 N–H and O–H groups in total. The summed E-state index contributed by atoms with van der Waals surface area (Å²) >= 11 is 0. The molecule has 0 amide bonds. The first-order valence-corrected chi connectivity index (χ1v) is 7.96. The van der Waals surface area contributed by atoms with E-state index in [-0.39, 0.29) is 5.25 Å². The zero-order chi connectivity index (χ0) is 10.9. The van der Waals surface area contributed by atoms with Crippen LogP contribution in [0.5, 0.6) is 0 Å². The normalized spacial score (nSPS) is 27.3. The minimum atomic E-state index is -2.80. The average molecular weight is 231 g/mol. The zero-order valence-electron chi connectivity index (χ0n) is 9.48. The zero-order valence-corrected chi connectivity index (χ0v) is 10.3. The number of rotatable bonds is 2. The quantitative estimate of drug-likeness (QED) is 0.721. The topological polar surface area (TPSA) is 37.4 Å². The highest BCUT2D eigenvalue weighted by molar-refractivity contribution is 7.91. The lowest BCUT2D eigenvalue weighted by Crippen LogP contribution is -2.43. The van der Waals surface area contributed by atoms with Crippen molar-refractivity contribution in [2.45, 2.75) is 49.8 Å². The highest BCUT2D eigenvalue weighted by atomic mass is 32.2. The summed E-state index contributed by atoms with van der Waals surface area (Å²) in [5, 5.41) is -0.0739. The molecule has 3 nitrogen and oxygen atoms in total. The van der Waals surface area contributed by atoms with Gasteiger partial charge in [-0.1, -0.05) is 12.8 Å². The monoisotopic (exact) mass is 231 g/mol. The molecule has 4 heteroatoms. The van der Waals surface area contributed by atoms with Gasteiger partial charge in [-0.3, -0.25) is 0 Å². The molecule has 0 bridgehead atoms. The molecule has 0 unspecified atom stereocenters. The van der Waals surface area contributed by atoms with E-state index < -0.39 is 9.84 Å². The number of nitrogens with zero attached hydrogens (tertiary/aromatic N) is 1. The van der Waals surface area contributed by atoms with Gasteiger partial charge in [0.1, 0.15) is 9.84 Å². The van der Waals surface area contributed by atoms with Gasteiger partial charge in [-0.05, 0) is 38.8 Å². The lowest BCUT2D eigenvalue weighted by atomic mass is 10.1. The van der Waals surface area contributed by atoms with Crippen LogP contribution in [0.2, 0.25) is 0 Å². The molecule has 0 aromatic carbocycles. The van der Waals surface area contributed by atoms with Crippen molar-refractivity contribution >= 4 is 9.84 Å². The Hall–Kier alpha value is -0.0900. The van der Waals surface area contributed by atoms with E-state index in [0.29, 0.717) is 0 Å². The predicted octanol–water partition coefficient (Wildman–Crippen LogP) is 1.44. The van der Waals surface area contributed by atoms with Gasteiger partial charge in [0.05, 0.1) is 5.25 Å². The number of likely N-dealkylation sites (tertiary alicyclic amines) is 1. The smallest absolute Gasteiger partial charge is 0.150 e. The maximum Gasteiger partial charge on any atom is 0.150 e. The van der Waals surface area contributed by atoms with Crippen molar-refractivity contribution in [3.05, 3.63) is 0 Å². The van der Waals surface area contributed by atoms with Gasteiger partial charge in [0, 0.05) is 12.3 Å². The molecule has 1 saturated carbocycles. The van der Waals surface area contributed by atoms with E-state index in [1.54, 1.807) is 0 Å². The highest BCUT2D eigenvalue weighted by Gasteiger charge is 2.30. The van der Waals surface area contributed by atoms with E-state index in [1.807, 2.05) is 0 Å². The lowest BCUT2D eigenvalue weighted by Gasteiger charge is -2.35. The van der Waals surface area contributed by atoms with Crippen LogP contribution >= 0.6 is 0 Å². The van der Waals surface area contributed by atoms with Crippen molar-refractivity contribution in [1.82, 2.24) is 4.90 Å². The lowest BCUT2D eigenvalue weighted by molar-refractivity contribution is 0.167. The van der Waals surface area contributed by atoms with Gasteiger partial charge in [-0.15, -0.1) is 0 Å². The van der Waals surface area contributed by atoms with E-state index in [0.717, 1.165) is 32.0 Å². The first-order chi connectivity index (χ1) is 7.07. The molecule has 1 saturated heterocycles. The Bertz CT molecular complexity index is 299. The molecule has 1 heterocycles. The fourth-order valence-corrected chi connectivity index (χ4v) is 4.01. The summed E-state index contributed by atoms with van der Waals surface area (Å²) < 4.78 is 22.8. The van der Waals surface area contributed by atoms with Crippen LogP contribution in [0.15, 0.2) is 0 Å². The Labute approximate surface area is 92.8 Å². The van der Waals surface area contributed by atoms with Crippen LogP contribution in [-0.2, 0) is 9.84 Å². The van der Waals surface area contributed by atoms with Crippen LogP contribution < -0.4 is 0 Å². The molecule has 1 aliphatic carbocycles. The van der Waals surface area contributed by atoms with Crippen molar-refractivity contribution in [2.24, 2.45) is 0 Å². The second-order valence-electron chi connectivity index (χ2n) is 5.00. The second-order valence-corrected chi connectivity index (χ2v) is 7.33. The van der Waals surface area contributed by atoms with Crippen molar-refractivity contribution in [3.8, 4) is 0 Å². The van der Waals surface area contributed by atoms with Crippen LogP contribution in [0.25, 0.3) is 0 Å². The first kappa shape index (κ1) is 11.4. The molecular formula is C11H21NO2S. The Morgan fingerprint density at radius 2 is 1.53 bits per heavy atom.